The van der Waals surface area contributed by atoms with Gasteiger partial charge in [0, 0.05) is 60.4 Å². The van der Waals surface area contributed by atoms with E-state index in [4.69, 9.17) is 22.1 Å². The summed E-state index contributed by atoms with van der Waals surface area (Å²) in [6.07, 6.45) is 0. The second-order valence-electron chi connectivity index (χ2n) is 13.9. The molecule has 0 saturated heterocycles. The van der Waals surface area contributed by atoms with Crippen LogP contribution >= 0.6 is 0 Å². The standard InChI is InChI=1S/C51H31N5O/c1-4-15-32(16-5-1)49-52-50(33-17-6-2-7-18-33)54-51(53-49)40-23-14-26-45-46(40)41-31-35(27-30-44(41)57-45)56-43-25-13-11-22-37(43)39-29-28-38-36-21-10-12-24-42(36)55(47(38)48(39)56)34-19-8-3-9-20-34/h1-31H/i10D,11D,24D,25D,28D,29D. The first kappa shape index (κ1) is 26.1. The number of furan rings is 1. The fourth-order valence-electron chi connectivity index (χ4n) is 8.21. The lowest BCUT2D eigenvalue weighted by Crippen LogP contribution is -2.00. The molecule has 0 amide bonds. The van der Waals surface area contributed by atoms with Crippen LogP contribution in [0.2, 0.25) is 0 Å². The van der Waals surface area contributed by atoms with Crippen LogP contribution in [0.3, 0.4) is 0 Å². The summed E-state index contributed by atoms with van der Waals surface area (Å²) >= 11 is 0. The number of nitrogens with zero attached hydrogens (tertiary/aromatic N) is 5. The first-order chi connectivity index (χ1) is 30.7. The molecule has 6 heteroatoms. The number of hydrogen-bond acceptors (Lipinski definition) is 4. The lowest BCUT2D eigenvalue weighted by atomic mass is 10.0. The molecule has 0 aliphatic carbocycles. The van der Waals surface area contributed by atoms with Crippen molar-refractivity contribution < 1.29 is 12.6 Å². The Morgan fingerprint density at radius 3 is 1.60 bits per heavy atom. The fourth-order valence-corrected chi connectivity index (χ4v) is 8.21. The maximum absolute atomic E-state index is 9.60. The molecule has 12 aromatic rings. The predicted octanol–water partition coefficient (Wildman–Crippen LogP) is 13.0. The lowest BCUT2D eigenvalue weighted by Gasteiger charge is -2.13. The van der Waals surface area contributed by atoms with Gasteiger partial charge in [0.05, 0.1) is 30.3 Å². The second-order valence-corrected chi connectivity index (χ2v) is 13.9. The number of hydrogen-bond donors (Lipinski definition) is 0. The van der Waals surface area contributed by atoms with Crippen LogP contribution in [0, 0.1) is 0 Å². The van der Waals surface area contributed by atoms with E-state index in [9.17, 15) is 5.48 Å². The molecule has 0 bridgehead atoms. The molecule has 0 aliphatic heterocycles. The zero-order valence-corrected chi connectivity index (χ0v) is 30.1. The van der Waals surface area contributed by atoms with Crippen molar-refractivity contribution in [2.45, 2.75) is 0 Å². The number of fused-ring (bicyclic) bond motifs is 10. The van der Waals surface area contributed by atoms with E-state index in [1.54, 1.807) is 12.1 Å². The zero-order valence-electron chi connectivity index (χ0n) is 36.1. The highest BCUT2D eigenvalue weighted by molar-refractivity contribution is 6.24. The molecule has 4 heterocycles. The van der Waals surface area contributed by atoms with Crippen molar-refractivity contribution in [3.8, 4) is 45.5 Å². The van der Waals surface area contributed by atoms with Gasteiger partial charge in [-0.05, 0) is 48.5 Å². The molecule has 0 unspecified atom stereocenters. The number of para-hydroxylation sites is 3. The number of benzene rings is 8. The third-order valence-electron chi connectivity index (χ3n) is 10.7. The van der Waals surface area contributed by atoms with Crippen LogP contribution in [-0.4, -0.2) is 24.1 Å². The summed E-state index contributed by atoms with van der Waals surface area (Å²) in [6.45, 7) is 0. The Hall–Kier alpha value is -7.83. The maximum atomic E-state index is 9.60. The van der Waals surface area contributed by atoms with Gasteiger partial charge >= 0.3 is 0 Å². The van der Waals surface area contributed by atoms with Gasteiger partial charge < -0.3 is 13.6 Å². The van der Waals surface area contributed by atoms with E-state index in [-0.39, 0.29) is 36.3 Å². The fraction of sp³-hybridized carbons (Fsp3) is 0. The molecule has 8 aromatic carbocycles. The molecular weight excluding hydrogens is 699 g/mol. The maximum Gasteiger partial charge on any atom is 0.164 e. The SMILES string of the molecule is [2H]c1cc([2H])c2c(c1)c1c([2H])c([2H])c3c4cc([2H])cc([2H])c4n(-c4ccc5oc6cccc(-c7nc(-c8ccccc8)nc(-c8ccccc8)n7)c6c5c4)c3c1n2-c1ccccc1. The molecule has 266 valence electrons. The molecule has 0 aliphatic rings. The molecular formula is C51H31N5O. The van der Waals surface area contributed by atoms with Gasteiger partial charge in [0.1, 0.15) is 11.2 Å². The van der Waals surface area contributed by atoms with Crippen LogP contribution in [-0.2, 0) is 0 Å². The van der Waals surface area contributed by atoms with Gasteiger partial charge in [-0.25, -0.2) is 15.0 Å². The van der Waals surface area contributed by atoms with Gasteiger partial charge in [-0.2, -0.15) is 0 Å². The molecule has 6 nitrogen and oxygen atoms in total. The van der Waals surface area contributed by atoms with E-state index in [1.807, 2.05) is 137 Å². The summed E-state index contributed by atoms with van der Waals surface area (Å²) in [5, 5.41) is 3.37. The molecule has 0 saturated carbocycles. The minimum atomic E-state index is -0.0734. The Kier molecular flexibility index (Phi) is 5.64. The van der Waals surface area contributed by atoms with Crippen LogP contribution in [0.5, 0.6) is 0 Å². The first-order valence-electron chi connectivity index (χ1n) is 21.6. The molecule has 0 fully saturated rings. The van der Waals surface area contributed by atoms with Crippen molar-refractivity contribution >= 4 is 65.6 Å². The van der Waals surface area contributed by atoms with Gasteiger partial charge in [0.25, 0.3) is 0 Å². The summed E-state index contributed by atoms with van der Waals surface area (Å²) in [5.74, 6) is 1.52. The lowest BCUT2D eigenvalue weighted by molar-refractivity contribution is 0.669. The number of rotatable bonds is 5. The van der Waals surface area contributed by atoms with Crippen molar-refractivity contribution in [1.82, 2.24) is 24.1 Å². The summed E-state index contributed by atoms with van der Waals surface area (Å²) in [4.78, 5) is 15.0. The predicted molar refractivity (Wildman–Crippen MR) is 232 cm³/mol. The van der Waals surface area contributed by atoms with Crippen LogP contribution in [0.25, 0.3) is 111 Å². The van der Waals surface area contributed by atoms with E-state index < -0.39 is 0 Å². The van der Waals surface area contributed by atoms with Gasteiger partial charge in [-0.15, -0.1) is 0 Å². The first-order valence-corrected chi connectivity index (χ1v) is 18.6. The van der Waals surface area contributed by atoms with Crippen LogP contribution in [0.15, 0.2) is 192 Å². The minimum absolute atomic E-state index is 0.0637. The molecule has 0 spiro atoms. The van der Waals surface area contributed by atoms with Crippen LogP contribution in [0.4, 0.5) is 0 Å². The summed E-state index contributed by atoms with van der Waals surface area (Å²) in [5.41, 5.74) is 7.09. The monoisotopic (exact) mass is 735 g/mol. The smallest absolute Gasteiger partial charge is 0.164 e. The Labute approximate surface area is 335 Å². The molecule has 0 atom stereocenters. The van der Waals surface area contributed by atoms with Gasteiger partial charge in [0.2, 0.25) is 0 Å². The number of aromatic nitrogens is 5. The molecule has 12 rings (SSSR count). The Balaban J connectivity index is 1.21. The summed E-state index contributed by atoms with van der Waals surface area (Å²) < 4.78 is 65.5. The topological polar surface area (TPSA) is 61.7 Å². The van der Waals surface area contributed by atoms with E-state index >= 15 is 0 Å². The largest absolute Gasteiger partial charge is 0.456 e. The van der Waals surface area contributed by atoms with Crippen LogP contribution in [0.1, 0.15) is 8.22 Å². The third-order valence-corrected chi connectivity index (χ3v) is 10.7. The molecule has 4 aromatic heterocycles. The zero-order chi connectivity index (χ0) is 42.7. The molecule has 0 N–H and O–H groups in total. The highest BCUT2D eigenvalue weighted by Crippen LogP contribution is 2.43. The Bertz CT molecular complexity index is 3810. The Morgan fingerprint density at radius 1 is 0.421 bits per heavy atom. The summed E-state index contributed by atoms with van der Waals surface area (Å²) in [7, 11) is 0. The average molecular weight is 736 g/mol. The minimum Gasteiger partial charge on any atom is -0.456 e. The van der Waals surface area contributed by atoms with E-state index in [0.29, 0.717) is 77.9 Å². The highest BCUT2D eigenvalue weighted by atomic mass is 16.3. The molecule has 57 heavy (non-hydrogen) atoms. The van der Waals surface area contributed by atoms with E-state index in [1.165, 1.54) is 12.1 Å². The van der Waals surface area contributed by atoms with Crippen LogP contribution < -0.4 is 0 Å². The van der Waals surface area contributed by atoms with Gasteiger partial charge in [-0.3, -0.25) is 0 Å². The normalized spacial score (nSPS) is 13.3. The van der Waals surface area contributed by atoms with Crippen molar-refractivity contribution in [3.63, 3.8) is 0 Å². The van der Waals surface area contributed by atoms with Crippen molar-refractivity contribution in [3.05, 3.63) is 188 Å². The van der Waals surface area contributed by atoms with Crippen molar-refractivity contribution in [1.29, 1.82) is 0 Å². The van der Waals surface area contributed by atoms with Gasteiger partial charge in [-0.1, -0.05) is 139 Å². The van der Waals surface area contributed by atoms with Crippen molar-refractivity contribution in [2.24, 2.45) is 0 Å². The summed E-state index contributed by atoms with van der Waals surface area (Å²) in [6, 6.07) is 47.4. The second kappa shape index (κ2) is 12.3. The van der Waals surface area contributed by atoms with Gasteiger partial charge in [0.15, 0.2) is 17.5 Å². The highest BCUT2D eigenvalue weighted by Gasteiger charge is 2.23. The Morgan fingerprint density at radius 2 is 0.982 bits per heavy atom. The third kappa shape index (κ3) is 4.81. The van der Waals surface area contributed by atoms with E-state index in [2.05, 4.69) is 0 Å². The molecule has 0 radical (unpaired) electrons. The van der Waals surface area contributed by atoms with Crippen molar-refractivity contribution in [2.75, 3.05) is 0 Å². The quantitative estimate of drug-likeness (QED) is 0.177. The van der Waals surface area contributed by atoms with E-state index in [0.717, 1.165) is 33.2 Å². The average Bonchev–Trinajstić information content (AvgIpc) is 3.97.